The molecule has 16 heavy (non-hydrogen) atoms. The molecule has 0 heterocycles. The van der Waals surface area contributed by atoms with Crippen molar-refractivity contribution in [3.05, 3.63) is 24.0 Å². The van der Waals surface area contributed by atoms with Gasteiger partial charge in [0, 0.05) is 17.7 Å². The second-order valence-electron chi connectivity index (χ2n) is 4.16. The molecular formula is C12H14FNO2. The summed E-state index contributed by atoms with van der Waals surface area (Å²) in [6.45, 7) is 2.04. The highest BCUT2D eigenvalue weighted by Crippen LogP contribution is 2.38. The van der Waals surface area contributed by atoms with E-state index >= 15 is 0 Å². The fourth-order valence-electron chi connectivity index (χ4n) is 1.66. The Bertz CT molecular complexity index is 419. The van der Waals surface area contributed by atoms with E-state index < -0.39 is 5.82 Å². The van der Waals surface area contributed by atoms with Gasteiger partial charge in [0.25, 0.3) is 0 Å². The fraction of sp³-hybridized carbons (Fsp3) is 0.417. The van der Waals surface area contributed by atoms with Crippen LogP contribution < -0.4 is 10.1 Å². The Hall–Kier alpha value is -1.58. The van der Waals surface area contributed by atoms with Crippen LogP contribution in [0.2, 0.25) is 0 Å². The number of rotatable bonds is 3. The number of methoxy groups -OCH3 is 1. The SMILES string of the molecule is COc1cc(NC(=O)[C@H]2C[C@H]2C)ccc1F. The minimum absolute atomic E-state index is 0.00108. The molecule has 0 radical (unpaired) electrons. The number of halogens is 1. The first-order valence-electron chi connectivity index (χ1n) is 5.26. The predicted octanol–water partition coefficient (Wildman–Crippen LogP) is 2.43. The third-order valence-electron chi connectivity index (χ3n) is 2.86. The van der Waals surface area contributed by atoms with Crippen molar-refractivity contribution in [3.63, 3.8) is 0 Å². The van der Waals surface area contributed by atoms with Gasteiger partial charge in [0.05, 0.1) is 7.11 Å². The number of ether oxygens (including phenoxy) is 1. The molecule has 3 nitrogen and oxygen atoms in total. The van der Waals surface area contributed by atoms with E-state index in [0.29, 0.717) is 11.6 Å². The summed E-state index contributed by atoms with van der Waals surface area (Å²) in [5.41, 5.74) is 0.572. The highest BCUT2D eigenvalue weighted by Gasteiger charge is 2.39. The van der Waals surface area contributed by atoms with Crippen molar-refractivity contribution in [1.29, 1.82) is 0 Å². The number of nitrogens with one attached hydrogen (secondary N) is 1. The van der Waals surface area contributed by atoms with Crippen LogP contribution in [-0.2, 0) is 4.79 Å². The summed E-state index contributed by atoms with van der Waals surface area (Å²) in [4.78, 5) is 11.6. The van der Waals surface area contributed by atoms with E-state index in [9.17, 15) is 9.18 Å². The number of anilines is 1. The van der Waals surface area contributed by atoms with Gasteiger partial charge in [0.15, 0.2) is 11.6 Å². The molecule has 1 aromatic rings. The second kappa shape index (κ2) is 4.12. The Balaban J connectivity index is 2.07. The molecule has 2 rings (SSSR count). The van der Waals surface area contributed by atoms with Crippen LogP contribution in [0.1, 0.15) is 13.3 Å². The van der Waals surface area contributed by atoms with E-state index in [1.807, 2.05) is 6.92 Å². The van der Waals surface area contributed by atoms with Crippen LogP contribution in [0.3, 0.4) is 0 Å². The normalized spacial score (nSPS) is 22.7. The van der Waals surface area contributed by atoms with Gasteiger partial charge in [0.2, 0.25) is 5.91 Å². The first-order chi connectivity index (χ1) is 7.61. The van der Waals surface area contributed by atoms with Crippen molar-refractivity contribution in [2.45, 2.75) is 13.3 Å². The van der Waals surface area contributed by atoms with Crippen LogP contribution in [0, 0.1) is 17.7 Å². The Morgan fingerprint density at radius 3 is 2.81 bits per heavy atom. The molecule has 1 aliphatic rings. The smallest absolute Gasteiger partial charge is 0.227 e. The van der Waals surface area contributed by atoms with Crippen LogP contribution in [-0.4, -0.2) is 13.0 Å². The lowest BCUT2D eigenvalue weighted by molar-refractivity contribution is -0.117. The van der Waals surface area contributed by atoms with E-state index in [1.165, 1.54) is 25.3 Å². The second-order valence-corrected chi connectivity index (χ2v) is 4.16. The van der Waals surface area contributed by atoms with E-state index in [1.54, 1.807) is 0 Å². The van der Waals surface area contributed by atoms with E-state index in [0.717, 1.165) is 6.42 Å². The summed E-state index contributed by atoms with van der Waals surface area (Å²) >= 11 is 0. The standard InChI is InChI=1S/C12H14FNO2/c1-7-5-9(7)12(15)14-8-3-4-10(13)11(6-8)16-2/h3-4,6-7,9H,5H2,1-2H3,(H,14,15)/t7-,9+/m1/s1. The zero-order valence-corrected chi connectivity index (χ0v) is 9.29. The van der Waals surface area contributed by atoms with Gasteiger partial charge < -0.3 is 10.1 Å². The molecule has 0 unspecified atom stereocenters. The van der Waals surface area contributed by atoms with Gasteiger partial charge in [-0.15, -0.1) is 0 Å². The monoisotopic (exact) mass is 223 g/mol. The molecule has 1 N–H and O–H groups in total. The first-order valence-corrected chi connectivity index (χ1v) is 5.26. The summed E-state index contributed by atoms with van der Waals surface area (Å²) in [6, 6.07) is 4.30. The molecule has 0 spiro atoms. The van der Waals surface area contributed by atoms with Crippen molar-refractivity contribution in [3.8, 4) is 5.75 Å². The minimum Gasteiger partial charge on any atom is -0.494 e. The van der Waals surface area contributed by atoms with Crippen LogP contribution in [0.5, 0.6) is 5.75 Å². The number of benzene rings is 1. The van der Waals surface area contributed by atoms with Crippen molar-refractivity contribution >= 4 is 11.6 Å². The molecule has 86 valence electrons. The molecule has 2 atom stereocenters. The Labute approximate surface area is 93.6 Å². The van der Waals surface area contributed by atoms with Gasteiger partial charge in [-0.05, 0) is 24.5 Å². The quantitative estimate of drug-likeness (QED) is 0.854. The molecule has 1 aromatic carbocycles. The number of hydrogen-bond donors (Lipinski definition) is 1. The zero-order valence-electron chi connectivity index (χ0n) is 9.29. The van der Waals surface area contributed by atoms with Crippen molar-refractivity contribution in [2.75, 3.05) is 12.4 Å². The molecule has 1 saturated carbocycles. The number of carbonyl (C=O) groups is 1. The molecule has 0 saturated heterocycles. The fourth-order valence-corrected chi connectivity index (χ4v) is 1.66. The third-order valence-corrected chi connectivity index (χ3v) is 2.86. The largest absolute Gasteiger partial charge is 0.494 e. The highest BCUT2D eigenvalue weighted by atomic mass is 19.1. The van der Waals surface area contributed by atoms with Crippen LogP contribution in [0.25, 0.3) is 0 Å². The molecule has 0 bridgehead atoms. The maximum atomic E-state index is 13.1. The van der Waals surface area contributed by atoms with Crippen molar-refractivity contribution < 1.29 is 13.9 Å². The maximum Gasteiger partial charge on any atom is 0.227 e. The summed E-state index contributed by atoms with van der Waals surface area (Å²) in [5, 5.41) is 2.75. The highest BCUT2D eigenvalue weighted by molar-refractivity contribution is 5.94. The molecule has 0 aliphatic heterocycles. The Morgan fingerprint density at radius 1 is 1.56 bits per heavy atom. The number of hydrogen-bond acceptors (Lipinski definition) is 2. The molecular weight excluding hydrogens is 209 g/mol. The van der Waals surface area contributed by atoms with E-state index in [4.69, 9.17) is 4.74 Å². The number of carbonyl (C=O) groups excluding carboxylic acids is 1. The van der Waals surface area contributed by atoms with Gasteiger partial charge >= 0.3 is 0 Å². The molecule has 1 aliphatic carbocycles. The van der Waals surface area contributed by atoms with Crippen LogP contribution >= 0.6 is 0 Å². The van der Waals surface area contributed by atoms with Crippen LogP contribution in [0.4, 0.5) is 10.1 Å². The van der Waals surface area contributed by atoms with Gasteiger partial charge in [-0.3, -0.25) is 4.79 Å². The van der Waals surface area contributed by atoms with Gasteiger partial charge in [-0.1, -0.05) is 6.92 Å². The van der Waals surface area contributed by atoms with Gasteiger partial charge in [0.1, 0.15) is 0 Å². The summed E-state index contributed by atoms with van der Waals surface area (Å²) in [7, 11) is 1.40. The average Bonchev–Trinajstić information content (AvgIpc) is 2.98. The lowest BCUT2D eigenvalue weighted by Crippen LogP contribution is -2.14. The van der Waals surface area contributed by atoms with Crippen LogP contribution in [0.15, 0.2) is 18.2 Å². The molecule has 4 heteroatoms. The first kappa shape index (κ1) is 10.9. The molecule has 1 fully saturated rings. The summed E-state index contributed by atoms with van der Waals surface area (Å²) < 4.78 is 17.9. The zero-order chi connectivity index (χ0) is 11.7. The molecule has 0 aromatic heterocycles. The molecule has 1 amide bonds. The summed E-state index contributed by atoms with van der Waals surface area (Å²) in [5.74, 6) is 0.279. The van der Waals surface area contributed by atoms with E-state index in [2.05, 4.69) is 5.32 Å². The Morgan fingerprint density at radius 2 is 2.25 bits per heavy atom. The average molecular weight is 223 g/mol. The number of amides is 1. The van der Waals surface area contributed by atoms with Gasteiger partial charge in [-0.2, -0.15) is 0 Å². The minimum atomic E-state index is -0.430. The van der Waals surface area contributed by atoms with E-state index in [-0.39, 0.29) is 17.6 Å². The Kier molecular flexibility index (Phi) is 2.81. The van der Waals surface area contributed by atoms with Crippen molar-refractivity contribution in [2.24, 2.45) is 11.8 Å². The van der Waals surface area contributed by atoms with Crippen molar-refractivity contribution in [1.82, 2.24) is 0 Å². The lowest BCUT2D eigenvalue weighted by atomic mass is 10.2. The van der Waals surface area contributed by atoms with Gasteiger partial charge in [-0.25, -0.2) is 4.39 Å². The lowest BCUT2D eigenvalue weighted by Gasteiger charge is -2.07. The topological polar surface area (TPSA) is 38.3 Å². The summed E-state index contributed by atoms with van der Waals surface area (Å²) in [6.07, 6.45) is 0.935. The maximum absolute atomic E-state index is 13.1. The third kappa shape index (κ3) is 2.15. The predicted molar refractivity (Wildman–Crippen MR) is 58.9 cm³/mol.